The van der Waals surface area contributed by atoms with Gasteiger partial charge in [-0.2, -0.15) is 0 Å². The molecule has 1 aliphatic rings. The summed E-state index contributed by atoms with van der Waals surface area (Å²) in [6.45, 7) is 3.57. The molecule has 0 aliphatic carbocycles. The highest BCUT2D eigenvalue weighted by Gasteiger charge is 2.22. The molecule has 0 aromatic carbocycles. The highest BCUT2D eigenvalue weighted by atomic mass is 35.5. The van der Waals surface area contributed by atoms with Crippen molar-refractivity contribution in [2.45, 2.75) is 32.2 Å². The van der Waals surface area contributed by atoms with E-state index in [0.29, 0.717) is 10.8 Å². The smallest absolute Gasteiger partial charge is 0.244 e. The molecule has 4 nitrogen and oxygen atoms in total. The van der Waals surface area contributed by atoms with Crippen LogP contribution in [0.2, 0.25) is 5.02 Å². The van der Waals surface area contributed by atoms with E-state index in [-0.39, 0.29) is 11.9 Å². The van der Waals surface area contributed by atoms with Crippen LogP contribution < -0.4 is 5.32 Å². The first-order valence-corrected chi connectivity index (χ1v) is 6.72. The number of hydrogen-bond donors (Lipinski definition) is 1. The second kappa shape index (κ2) is 6.05. The Hall–Kier alpha value is -1.29. The molecule has 0 saturated carbocycles. The second-order valence-electron chi connectivity index (χ2n) is 4.59. The lowest BCUT2D eigenvalue weighted by atomic mass is 10.1. The van der Waals surface area contributed by atoms with Gasteiger partial charge in [-0.05, 0) is 38.3 Å². The van der Waals surface area contributed by atoms with Gasteiger partial charge < -0.3 is 10.2 Å². The largest absolute Gasteiger partial charge is 0.357 e. The molecule has 1 saturated heterocycles. The van der Waals surface area contributed by atoms with E-state index in [1.165, 1.54) is 6.42 Å². The molecular weight excluding hydrogens is 250 g/mol. The van der Waals surface area contributed by atoms with Crippen LogP contribution in [0.4, 0.5) is 5.82 Å². The quantitative estimate of drug-likeness (QED) is 0.915. The maximum Gasteiger partial charge on any atom is 0.244 e. The van der Waals surface area contributed by atoms with Gasteiger partial charge >= 0.3 is 0 Å². The van der Waals surface area contributed by atoms with E-state index >= 15 is 0 Å². The van der Waals surface area contributed by atoms with E-state index in [0.717, 1.165) is 25.9 Å². The van der Waals surface area contributed by atoms with Crippen molar-refractivity contribution in [2.24, 2.45) is 0 Å². The van der Waals surface area contributed by atoms with Crippen LogP contribution in [-0.2, 0) is 4.79 Å². The summed E-state index contributed by atoms with van der Waals surface area (Å²) in [5.41, 5.74) is 0. The first-order chi connectivity index (χ1) is 8.68. The summed E-state index contributed by atoms with van der Waals surface area (Å²) < 4.78 is 0. The van der Waals surface area contributed by atoms with Crippen molar-refractivity contribution in [2.75, 3.05) is 18.4 Å². The maximum atomic E-state index is 12.2. The minimum atomic E-state index is -0.296. The van der Waals surface area contributed by atoms with Crippen molar-refractivity contribution in [3.8, 4) is 0 Å². The molecule has 1 atom stereocenters. The van der Waals surface area contributed by atoms with Gasteiger partial charge in [0.2, 0.25) is 5.91 Å². The zero-order valence-corrected chi connectivity index (χ0v) is 11.3. The number of pyridine rings is 1. The van der Waals surface area contributed by atoms with Crippen LogP contribution >= 0.6 is 11.6 Å². The standard InChI is InChI=1S/C13H18ClN3O/c1-10(13(18)17-8-3-2-4-9-17)16-12-11(14)6-5-7-15-12/h5-7,10H,2-4,8-9H2,1H3,(H,15,16). The lowest BCUT2D eigenvalue weighted by Crippen LogP contribution is -2.44. The zero-order valence-electron chi connectivity index (χ0n) is 10.5. The molecule has 1 amide bonds. The Kier molecular flexibility index (Phi) is 4.42. The average molecular weight is 268 g/mol. The molecular formula is C13H18ClN3O. The highest BCUT2D eigenvalue weighted by Crippen LogP contribution is 2.19. The third-order valence-corrected chi connectivity index (χ3v) is 3.45. The fraction of sp³-hybridized carbons (Fsp3) is 0.538. The first kappa shape index (κ1) is 13.1. The van der Waals surface area contributed by atoms with Crippen molar-refractivity contribution in [1.29, 1.82) is 0 Å². The van der Waals surface area contributed by atoms with E-state index in [1.54, 1.807) is 18.3 Å². The van der Waals surface area contributed by atoms with Gasteiger partial charge in [-0.1, -0.05) is 11.6 Å². The zero-order chi connectivity index (χ0) is 13.0. The average Bonchev–Trinajstić information content (AvgIpc) is 2.41. The Labute approximate surface area is 112 Å². The van der Waals surface area contributed by atoms with Crippen molar-refractivity contribution in [3.05, 3.63) is 23.4 Å². The van der Waals surface area contributed by atoms with Gasteiger partial charge in [0, 0.05) is 19.3 Å². The van der Waals surface area contributed by atoms with Gasteiger partial charge in [0.05, 0.1) is 5.02 Å². The summed E-state index contributed by atoms with van der Waals surface area (Å²) in [5.74, 6) is 0.688. The molecule has 1 fully saturated rings. The SMILES string of the molecule is CC(Nc1ncccc1Cl)C(=O)N1CCCCC1. The van der Waals surface area contributed by atoms with Gasteiger partial charge in [0.25, 0.3) is 0 Å². The summed E-state index contributed by atoms with van der Waals surface area (Å²) in [4.78, 5) is 18.3. The van der Waals surface area contributed by atoms with Crippen molar-refractivity contribution < 1.29 is 4.79 Å². The second-order valence-corrected chi connectivity index (χ2v) is 4.99. The minimum Gasteiger partial charge on any atom is -0.357 e. The third kappa shape index (κ3) is 3.13. The summed E-state index contributed by atoms with van der Waals surface area (Å²) in [7, 11) is 0. The number of carbonyl (C=O) groups excluding carboxylic acids is 1. The number of nitrogens with one attached hydrogen (secondary N) is 1. The van der Waals surface area contributed by atoms with Crippen molar-refractivity contribution >= 4 is 23.3 Å². The monoisotopic (exact) mass is 267 g/mol. The number of carbonyl (C=O) groups is 1. The fourth-order valence-electron chi connectivity index (χ4n) is 2.15. The predicted octanol–water partition coefficient (Wildman–Crippen LogP) is 2.55. The molecule has 0 bridgehead atoms. The van der Waals surface area contributed by atoms with Gasteiger partial charge in [0.15, 0.2) is 0 Å². The van der Waals surface area contributed by atoms with E-state index < -0.39 is 0 Å². The molecule has 1 unspecified atom stereocenters. The van der Waals surface area contributed by atoms with Crippen LogP contribution in [0, 0.1) is 0 Å². The molecule has 0 radical (unpaired) electrons. The van der Waals surface area contributed by atoms with Gasteiger partial charge in [-0.15, -0.1) is 0 Å². The number of nitrogens with zero attached hydrogens (tertiary/aromatic N) is 2. The molecule has 0 spiro atoms. The third-order valence-electron chi connectivity index (χ3n) is 3.15. The number of anilines is 1. The Balaban J connectivity index is 1.96. The topological polar surface area (TPSA) is 45.2 Å². The van der Waals surface area contributed by atoms with Crippen LogP contribution in [0.25, 0.3) is 0 Å². The lowest BCUT2D eigenvalue weighted by molar-refractivity contribution is -0.132. The normalized spacial score (nSPS) is 17.3. The van der Waals surface area contributed by atoms with Crippen LogP contribution in [0.3, 0.4) is 0 Å². The summed E-state index contributed by atoms with van der Waals surface area (Å²) in [6, 6.07) is 3.23. The number of halogens is 1. The summed E-state index contributed by atoms with van der Waals surface area (Å²) in [6.07, 6.45) is 5.08. The number of likely N-dealkylation sites (tertiary alicyclic amines) is 1. The number of aromatic nitrogens is 1. The molecule has 98 valence electrons. The van der Waals surface area contributed by atoms with Gasteiger partial charge in [-0.25, -0.2) is 4.98 Å². The van der Waals surface area contributed by atoms with Crippen LogP contribution in [0.1, 0.15) is 26.2 Å². The van der Waals surface area contributed by atoms with Crippen molar-refractivity contribution in [1.82, 2.24) is 9.88 Å². The summed E-state index contributed by atoms with van der Waals surface area (Å²) >= 11 is 6.01. The van der Waals surface area contributed by atoms with E-state index in [4.69, 9.17) is 11.6 Å². The molecule has 1 aliphatic heterocycles. The van der Waals surface area contributed by atoms with Gasteiger partial charge in [-0.3, -0.25) is 4.79 Å². The number of amides is 1. The van der Waals surface area contributed by atoms with Gasteiger partial charge in [0.1, 0.15) is 11.9 Å². The molecule has 18 heavy (non-hydrogen) atoms. The number of hydrogen-bond acceptors (Lipinski definition) is 3. The lowest BCUT2D eigenvalue weighted by Gasteiger charge is -2.29. The van der Waals surface area contributed by atoms with E-state index in [9.17, 15) is 4.79 Å². The Bertz CT molecular complexity index is 418. The predicted molar refractivity (Wildman–Crippen MR) is 72.8 cm³/mol. The molecule has 1 aromatic heterocycles. The highest BCUT2D eigenvalue weighted by molar-refractivity contribution is 6.32. The summed E-state index contributed by atoms with van der Waals surface area (Å²) in [5, 5.41) is 3.61. The Morgan fingerprint density at radius 1 is 1.44 bits per heavy atom. The first-order valence-electron chi connectivity index (χ1n) is 6.34. The van der Waals surface area contributed by atoms with Crippen LogP contribution in [0.15, 0.2) is 18.3 Å². The molecule has 5 heteroatoms. The molecule has 1 N–H and O–H groups in total. The van der Waals surface area contributed by atoms with Crippen LogP contribution in [-0.4, -0.2) is 34.9 Å². The molecule has 2 rings (SSSR count). The fourth-order valence-corrected chi connectivity index (χ4v) is 2.32. The van der Waals surface area contributed by atoms with E-state index in [1.807, 2.05) is 11.8 Å². The molecule has 2 heterocycles. The minimum absolute atomic E-state index is 0.122. The van der Waals surface area contributed by atoms with Crippen molar-refractivity contribution in [3.63, 3.8) is 0 Å². The van der Waals surface area contributed by atoms with E-state index in [2.05, 4.69) is 10.3 Å². The number of piperidine rings is 1. The Morgan fingerprint density at radius 2 is 2.17 bits per heavy atom. The Morgan fingerprint density at radius 3 is 2.83 bits per heavy atom. The van der Waals surface area contributed by atoms with Crippen LogP contribution in [0.5, 0.6) is 0 Å². The maximum absolute atomic E-state index is 12.2. The number of rotatable bonds is 3. The molecule has 1 aromatic rings.